The minimum absolute atomic E-state index is 0.675. The number of ether oxygens (including phenoxy) is 2. The van der Waals surface area contributed by atoms with Gasteiger partial charge in [0.25, 0.3) is 0 Å². The summed E-state index contributed by atoms with van der Waals surface area (Å²) in [5, 5.41) is 0. The molecule has 0 aromatic heterocycles. The highest BCUT2D eigenvalue weighted by atomic mass is 16.5. The first-order chi connectivity index (χ1) is 6.72. The Morgan fingerprint density at radius 1 is 1.00 bits per heavy atom. The summed E-state index contributed by atoms with van der Waals surface area (Å²) in [6, 6.07) is 7.69. The number of benzene rings is 1. The fourth-order valence-corrected chi connectivity index (χ4v) is 1.03. The van der Waals surface area contributed by atoms with Crippen molar-refractivity contribution in [2.45, 2.75) is 20.8 Å². The Balaban J connectivity index is 2.46. The molecule has 0 saturated heterocycles. The van der Waals surface area contributed by atoms with Gasteiger partial charge in [-0.2, -0.15) is 0 Å². The average Bonchev–Trinajstić information content (AvgIpc) is 2.17. The molecule has 0 aliphatic heterocycles. The molecule has 1 aromatic carbocycles. The van der Waals surface area contributed by atoms with Crippen molar-refractivity contribution in [3.05, 3.63) is 30.2 Å². The average molecular weight is 193 g/mol. The zero-order valence-corrected chi connectivity index (χ0v) is 9.04. The second-order valence-electron chi connectivity index (χ2n) is 3.40. The molecule has 14 heavy (non-hydrogen) atoms. The van der Waals surface area contributed by atoms with E-state index in [1.165, 1.54) is 5.92 Å². The molecule has 0 heterocycles. The normalized spacial score (nSPS) is 10.3. The lowest BCUT2D eigenvalue weighted by Crippen LogP contribution is -2.02. The Hall–Kier alpha value is -1.18. The van der Waals surface area contributed by atoms with Crippen LogP contribution in [-0.2, 0) is 0 Å². The molecule has 0 unspecified atom stereocenters. The van der Waals surface area contributed by atoms with Gasteiger partial charge in [-0.3, -0.25) is 0 Å². The molecule has 0 aliphatic rings. The van der Waals surface area contributed by atoms with E-state index >= 15 is 0 Å². The van der Waals surface area contributed by atoms with Crippen LogP contribution in [0.4, 0.5) is 0 Å². The molecule has 2 heteroatoms. The van der Waals surface area contributed by atoms with Gasteiger partial charge in [0, 0.05) is 5.92 Å². The Labute approximate surface area is 85.8 Å². The van der Waals surface area contributed by atoms with Gasteiger partial charge in [-0.1, -0.05) is 13.8 Å². The fourth-order valence-electron chi connectivity index (χ4n) is 1.03. The largest absolute Gasteiger partial charge is 0.494 e. The van der Waals surface area contributed by atoms with Crippen molar-refractivity contribution >= 4 is 0 Å². The van der Waals surface area contributed by atoms with Crippen LogP contribution in [0.15, 0.2) is 24.3 Å². The van der Waals surface area contributed by atoms with Crippen LogP contribution >= 0.6 is 0 Å². The predicted molar refractivity (Wildman–Crippen MR) is 57.7 cm³/mol. The van der Waals surface area contributed by atoms with Crippen LogP contribution in [0.3, 0.4) is 0 Å². The molecular formula is C12H17O2. The Kier molecular flexibility index (Phi) is 4.30. The molecule has 0 amide bonds. The van der Waals surface area contributed by atoms with Crippen molar-refractivity contribution in [3.63, 3.8) is 0 Å². The molecule has 2 nitrogen and oxygen atoms in total. The highest BCUT2D eigenvalue weighted by molar-refractivity contribution is 5.31. The quantitative estimate of drug-likeness (QED) is 0.715. The van der Waals surface area contributed by atoms with Gasteiger partial charge in [0.2, 0.25) is 0 Å². The molecule has 0 bridgehead atoms. The van der Waals surface area contributed by atoms with Crippen molar-refractivity contribution < 1.29 is 9.47 Å². The SMILES string of the molecule is CCOc1ccc(OC[C](C)C)cc1. The van der Waals surface area contributed by atoms with Crippen molar-refractivity contribution in [1.29, 1.82) is 0 Å². The minimum atomic E-state index is 0.675. The molecule has 0 saturated carbocycles. The smallest absolute Gasteiger partial charge is 0.119 e. The molecule has 0 atom stereocenters. The minimum Gasteiger partial charge on any atom is -0.494 e. The standard InChI is InChI=1S/C12H17O2/c1-4-13-11-5-7-12(8-6-11)14-9-10(2)3/h5-8H,4,9H2,1-3H3. The van der Waals surface area contributed by atoms with E-state index in [4.69, 9.17) is 9.47 Å². The summed E-state index contributed by atoms with van der Waals surface area (Å²) in [4.78, 5) is 0. The van der Waals surface area contributed by atoms with Crippen LogP contribution in [0, 0.1) is 5.92 Å². The lowest BCUT2D eigenvalue weighted by molar-refractivity contribution is 0.326. The molecule has 0 N–H and O–H groups in total. The Bertz CT molecular complexity index is 252. The van der Waals surface area contributed by atoms with Crippen molar-refractivity contribution in [1.82, 2.24) is 0 Å². The van der Waals surface area contributed by atoms with Gasteiger partial charge >= 0.3 is 0 Å². The lowest BCUT2D eigenvalue weighted by Gasteiger charge is -2.08. The first-order valence-electron chi connectivity index (χ1n) is 4.87. The van der Waals surface area contributed by atoms with Crippen LogP contribution in [0.25, 0.3) is 0 Å². The fraction of sp³-hybridized carbons (Fsp3) is 0.417. The summed E-state index contributed by atoms with van der Waals surface area (Å²) < 4.78 is 10.8. The van der Waals surface area contributed by atoms with E-state index in [0.717, 1.165) is 11.5 Å². The zero-order valence-electron chi connectivity index (χ0n) is 9.04. The summed E-state index contributed by atoms with van der Waals surface area (Å²) in [6.07, 6.45) is 0. The maximum atomic E-state index is 5.51. The molecule has 1 radical (unpaired) electrons. The van der Waals surface area contributed by atoms with E-state index in [1.54, 1.807) is 0 Å². The highest BCUT2D eigenvalue weighted by Gasteiger charge is 1.97. The highest BCUT2D eigenvalue weighted by Crippen LogP contribution is 2.18. The van der Waals surface area contributed by atoms with Crippen molar-refractivity contribution in [3.8, 4) is 11.5 Å². The summed E-state index contributed by atoms with van der Waals surface area (Å²) in [6.45, 7) is 7.44. The maximum absolute atomic E-state index is 5.51. The molecule has 77 valence electrons. The second-order valence-corrected chi connectivity index (χ2v) is 3.40. The summed E-state index contributed by atoms with van der Waals surface area (Å²) in [5.74, 6) is 3.03. The molecule has 1 rings (SSSR count). The summed E-state index contributed by atoms with van der Waals surface area (Å²) in [5.41, 5.74) is 0. The third-order valence-electron chi connectivity index (χ3n) is 1.66. The lowest BCUT2D eigenvalue weighted by atomic mass is 10.2. The van der Waals surface area contributed by atoms with E-state index in [1.807, 2.05) is 31.2 Å². The molecule has 0 aliphatic carbocycles. The molecular weight excluding hydrogens is 176 g/mol. The van der Waals surface area contributed by atoms with Gasteiger partial charge in [-0.15, -0.1) is 0 Å². The topological polar surface area (TPSA) is 18.5 Å². The van der Waals surface area contributed by atoms with Crippen molar-refractivity contribution in [2.75, 3.05) is 13.2 Å². The first-order valence-corrected chi connectivity index (χ1v) is 4.87. The van der Waals surface area contributed by atoms with E-state index in [9.17, 15) is 0 Å². The first kappa shape index (κ1) is 10.9. The van der Waals surface area contributed by atoms with Crippen LogP contribution in [0.2, 0.25) is 0 Å². The molecule has 0 fully saturated rings. The summed E-state index contributed by atoms with van der Waals surface area (Å²) >= 11 is 0. The third-order valence-corrected chi connectivity index (χ3v) is 1.66. The van der Waals surface area contributed by atoms with Gasteiger partial charge in [0.1, 0.15) is 11.5 Å². The monoisotopic (exact) mass is 193 g/mol. The van der Waals surface area contributed by atoms with Gasteiger partial charge in [0.15, 0.2) is 0 Å². The Morgan fingerprint density at radius 3 is 1.93 bits per heavy atom. The summed E-state index contributed by atoms with van der Waals surface area (Å²) in [7, 11) is 0. The van der Waals surface area contributed by atoms with Crippen molar-refractivity contribution in [2.24, 2.45) is 0 Å². The van der Waals surface area contributed by atoms with E-state index in [-0.39, 0.29) is 0 Å². The predicted octanol–water partition coefficient (Wildman–Crippen LogP) is 3.08. The molecule has 0 spiro atoms. The van der Waals surface area contributed by atoms with Gasteiger partial charge in [-0.25, -0.2) is 0 Å². The number of hydrogen-bond donors (Lipinski definition) is 0. The Morgan fingerprint density at radius 2 is 1.50 bits per heavy atom. The number of hydrogen-bond acceptors (Lipinski definition) is 2. The third kappa shape index (κ3) is 3.69. The van der Waals surface area contributed by atoms with Crippen LogP contribution < -0.4 is 9.47 Å². The number of rotatable bonds is 5. The maximum Gasteiger partial charge on any atom is 0.119 e. The second kappa shape index (κ2) is 5.53. The van der Waals surface area contributed by atoms with Crippen LogP contribution in [-0.4, -0.2) is 13.2 Å². The van der Waals surface area contributed by atoms with Crippen LogP contribution in [0.1, 0.15) is 20.8 Å². The van der Waals surface area contributed by atoms with E-state index < -0.39 is 0 Å². The zero-order chi connectivity index (χ0) is 10.4. The van der Waals surface area contributed by atoms with Gasteiger partial charge in [0.05, 0.1) is 13.2 Å². The van der Waals surface area contributed by atoms with E-state index in [2.05, 4.69) is 13.8 Å². The van der Waals surface area contributed by atoms with Crippen LogP contribution in [0.5, 0.6) is 11.5 Å². The van der Waals surface area contributed by atoms with Gasteiger partial charge < -0.3 is 9.47 Å². The van der Waals surface area contributed by atoms with E-state index in [0.29, 0.717) is 13.2 Å². The molecule has 1 aromatic rings. The van der Waals surface area contributed by atoms with Gasteiger partial charge in [-0.05, 0) is 31.2 Å².